The molecule has 1 heterocycles. The summed E-state index contributed by atoms with van der Waals surface area (Å²) in [5.74, 6) is 0. The number of benzene rings is 2. The van der Waals surface area contributed by atoms with Gasteiger partial charge in [0, 0.05) is 18.9 Å². The fourth-order valence-electron chi connectivity index (χ4n) is 1.93. The Balaban J connectivity index is 0.00000108. The molecule has 0 aliphatic rings. The first kappa shape index (κ1) is 11.9. The van der Waals surface area contributed by atoms with Crippen LogP contribution >= 0.6 is 17.0 Å². The normalized spacial score (nSPS) is 10.1. The average molecular weight is 289 g/mol. The van der Waals surface area contributed by atoms with Crippen LogP contribution in [-0.4, -0.2) is 9.55 Å². The highest BCUT2D eigenvalue weighted by Crippen LogP contribution is 2.16. The molecule has 0 fully saturated rings. The van der Waals surface area contributed by atoms with E-state index < -0.39 is 0 Å². The second kappa shape index (κ2) is 5.15. The van der Waals surface area contributed by atoms with Gasteiger partial charge in [0.05, 0.1) is 6.33 Å². The van der Waals surface area contributed by atoms with Crippen LogP contribution in [0.25, 0.3) is 10.8 Å². The van der Waals surface area contributed by atoms with Gasteiger partial charge in [-0.05, 0) is 22.4 Å². The molecule has 86 valence electrons. The zero-order chi connectivity index (χ0) is 10.8. The fraction of sp³-hybridized carbons (Fsp3) is 0.0714. The van der Waals surface area contributed by atoms with Crippen molar-refractivity contribution in [3.05, 3.63) is 66.7 Å². The number of aromatic nitrogens is 2. The van der Waals surface area contributed by atoms with Crippen molar-refractivity contribution in [2.75, 3.05) is 0 Å². The number of fused-ring (bicyclic) bond motifs is 1. The van der Waals surface area contributed by atoms with Crippen molar-refractivity contribution in [3.63, 3.8) is 0 Å². The van der Waals surface area contributed by atoms with E-state index in [0.29, 0.717) is 0 Å². The second-order valence-corrected chi connectivity index (χ2v) is 3.92. The van der Waals surface area contributed by atoms with Crippen molar-refractivity contribution in [3.8, 4) is 0 Å². The first-order valence-corrected chi connectivity index (χ1v) is 5.35. The Morgan fingerprint density at radius 1 is 1.00 bits per heavy atom. The monoisotopic (exact) mass is 288 g/mol. The van der Waals surface area contributed by atoms with E-state index in [4.69, 9.17) is 0 Å². The molecule has 0 spiro atoms. The van der Waals surface area contributed by atoms with E-state index in [1.807, 2.05) is 12.5 Å². The van der Waals surface area contributed by atoms with Crippen LogP contribution in [0.15, 0.2) is 61.2 Å². The molecule has 0 saturated heterocycles. The maximum atomic E-state index is 4.04. The summed E-state index contributed by atoms with van der Waals surface area (Å²) in [6.07, 6.45) is 5.63. The van der Waals surface area contributed by atoms with E-state index in [9.17, 15) is 0 Å². The summed E-state index contributed by atoms with van der Waals surface area (Å²) in [5.41, 5.74) is 1.30. The molecule has 3 heteroatoms. The van der Waals surface area contributed by atoms with Crippen molar-refractivity contribution in [1.82, 2.24) is 9.55 Å². The zero-order valence-electron chi connectivity index (χ0n) is 9.28. The van der Waals surface area contributed by atoms with Crippen LogP contribution in [0.1, 0.15) is 5.56 Å². The van der Waals surface area contributed by atoms with E-state index in [-0.39, 0.29) is 17.0 Å². The maximum Gasteiger partial charge on any atom is 0.0949 e. The van der Waals surface area contributed by atoms with Crippen molar-refractivity contribution < 1.29 is 0 Å². The smallest absolute Gasteiger partial charge is 0.0949 e. The Kier molecular flexibility index (Phi) is 3.59. The fourth-order valence-corrected chi connectivity index (χ4v) is 1.93. The first-order chi connectivity index (χ1) is 7.92. The van der Waals surface area contributed by atoms with Gasteiger partial charge in [0.25, 0.3) is 0 Å². The highest BCUT2D eigenvalue weighted by molar-refractivity contribution is 8.93. The second-order valence-electron chi connectivity index (χ2n) is 3.92. The predicted octanol–water partition coefficient (Wildman–Crippen LogP) is 3.66. The molecule has 0 N–H and O–H groups in total. The lowest BCUT2D eigenvalue weighted by molar-refractivity contribution is 0.798. The Hall–Kier alpha value is -1.61. The molecule has 0 aliphatic carbocycles. The molecule has 0 bridgehead atoms. The zero-order valence-corrected chi connectivity index (χ0v) is 11.0. The number of hydrogen-bond donors (Lipinski definition) is 0. The third-order valence-corrected chi connectivity index (χ3v) is 2.74. The Bertz CT molecular complexity index is 602. The Morgan fingerprint density at radius 3 is 2.59 bits per heavy atom. The van der Waals surface area contributed by atoms with Crippen LogP contribution in [0.4, 0.5) is 0 Å². The van der Waals surface area contributed by atoms with Crippen molar-refractivity contribution >= 4 is 27.8 Å². The quantitative estimate of drug-likeness (QED) is 0.704. The number of hydrogen-bond acceptors (Lipinski definition) is 1. The van der Waals surface area contributed by atoms with Crippen LogP contribution in [-0.2, 0) is 6.54 Å². The largest absolute Gasteiger partial charge is 0.333 e. The van der Waals surface area contributed by atoms with Crippen LogP contribution in [0.3, 0.4) is 0 Å². The molecule has 3 rings (SSSR count). The molecular weight excluding hydrogens is 276 g/mol. The molecule has 2 nitrogen and oxygen atoms in total. The number of halogens is 1. The number of nitrogens with zero attached hydrogens (tertiary/aromatic N) is 2. The summed E-state index contributed by atoms with van der Waals surface area (Å²) in [4.78, 5) is 4.04. The summed E-state index contributed by atoms with van der Waals surface area (Å²) in [6, 6.07) is 15.0. The molecule has 0 atom stereocenters. The summed E-state index contributed by atoms with van der Waals surface area (Å²) in [6.45, 7) is 0.880. The number of imidazole rings is 1. The van der Waals surface area contributed by atoms with Gasteiger partial charge >= 0.3 is 0 Å². The number of rotatable bonds is 2. The first-order valence-electron chi connectivity index (χ1n) is 5.35. The molecule has 2 aromatic carbocycles. The molecule has 0 amide bonds. The standard InChI is InChI=1S/C14H12N2.BrH/c1-2-4-14-9-12(5-6-13(14)3-1)10-16-8-7-15-11-16;/h1-9,11H,10H2;1H. The lowest BCUT2D eigenvalue weighted by Gasteiger charge is -2.04. The lowest BCUT2D eigenvalue weighted by atomic mass is 10.1. The molecular formula is C14H13BrN2. The topological polar surface area (TPSA) is 17.8 Å². The van der Waals surface area contributed by atoms with Crippen molar-refractivity contribution in [1.29, 1.82) is 0 Å². The third-order valence-electron chi connectivity index (χ3n) is 2.74. The Labute approximate surface area is 111 Å². The Morgan fingerprint density at radius 2 is 1.82 bits per heavy atom. The van der Waals surface area contributed by atoms with Gasteiger partial charge in [-0.2, -0.15) is 0 Å². The van der Waals surface area contributed by atoms with Gasteiger partial charge in [0.2, 0.25) is 0 Å². The minimum Gasteiger partial charge on any atom is -0.333 e. The molecule has 3 aromatic rings. The van der Waals surface area contributed by atoms with Crippen molar-refractivity contribution in [2.45, 2.75) is 6.54 Å². The van der Waals surface area contributed by atoms with Gasteiger partial charge in [0.15, 0.2) is 0 Å². The maximum absolute atomic E-state index is 4.04. The molecule has 0 unspecified atom stereocenters. The van der Waals surface area contributed by atoms with Gasteiger partial charge < -0.3 is 4.57 Å². The SMILES string of the molecule is Br.c1ccc2cc(Cn3ccnc3)ccc2c1. The van der Waals surface area contributed by atoms with Crippen LogP contribution in [0.2, 0.25) is 0 Å². The minimum atomic E-state index is 0. The predicted molar refractivity (Wildman–Crippen MR) is 75.6 cm³/mol. The molecule has 0 saturated carbocycles. The van der Waals surface area contributed by atoms with Gasteiger partial charge in [-0.15, -0.1) is 17.0 Å². The molecule has 1 aromatic heterocycles. The summed E-state index contributed by atoms with van der Waals surface area (Å²) in [5, 5.41) is 2.58. The van der Waals surface area contributed by atoms with E-state index in [1.54, 1.807) is 6.20 Å². The van der Waals surface area contributed by atoms with E-state index in [1.165, 1.54) is 16.3 Å². The third kappa shape index (κ3) is 2.56. The van der Waals surface area contributed by atoms with E-state index >= 15 is 0 Å². The lowest BCUT2D eigenvalue weighted by Crippen LogP contribution is -1.95. The summed E-state index contributed by atoms with van der Waals surface area (Å²) >= 11 is 0. The highest BCUT2D eigenvalue weighted by Gasteiger charge is 1.96. The minimum absolute atomic E-state index is 0. The molecule has 17 heavy (non-hydrogen) atoms. The van der Waals surface area contributed by atoms with Gasteiger partial charge in [-0.25, -0.2) is 4.98 Å². The van der Waals surface area contributed by atoms with E-state index in [0.717, 1.165) is 6.54 Å². The average Bonchev–Trinajstić information content (AvgIpc) is 2.82. The summed E-state index contributed by atoms with van der Waals surface area (Å²) in [7, 11) is 0. The summed E-state index contributed by atoms with van der Waals surface area (Å²) < 4.78 is 2.07. The van der Waals surface area contributed by atoms with Gasteiger partial charge in [0.1, 0.15) is 0 Å². The molecule has 0 radical (unpaired) electrons. The van der Waals surface area contributed by atoms with Crippen LogP contribution < -0.4 is 0 Å². The van der Waals surface area contributed by atoms with Crippen LogP contribution in [0, 0.1) is 0 Å². The highest BCUT2D eigenvalue weighted by atomic mass is 79.9. The van der Waals surface area contributed by atoms with E-state index in [2.05, 4.69) is 52.0 Å². The van der Waals surface area contributed by atoms with Gasteiger partial charge in [-0.1, -0.05) is 36.4 Å². The van der Waals surface area contributed by atoms with Crippen LogP contribution in [0.5, 0.6) is 0 Å². The molecule has 0 aliphatic heterocycles. The van der Waals surface area contributed by atoms with Gasteiger partial charge in [-0.3, -0.25) is 0 Å². The van der Waals surface area contributed by atoms with Crippen molar-refractivity contribution in [2.24, 2.45) is 0 Å².